The molecule has 0 fully saturated rings. The highest BCUT2D eigenvalue weighted by atomic mass is 16.5. The summed E-state index contributed by atoms with van der Waals surface area (Å²) in [5.74, 6) is 0.799. The molecule has 0 aliphatic rings. The molecule has 0 heterocycles. The van der Waals surface area contributed by atoms with Crippen LogP contribution in [0.1, 0.15) is 31.2 Å². The van der Waals surface area contributed by atoms with Crippen molar-refractivity contribution in [1.82, 2.24) is 0 Å². The Kier molecular flexibility index (Phi) is 5.97. The summed E-state index contributed by atoms with van der Waals surface area (Å²) in [7, 11) is 0. The van der Waals surface area contributed by atoms with Crippen LogP contribution in [0.2, 0.25) is 0 Å². The molecule has 0 unspecified atom stereocenters. The number of aryl methyl sites for hydroxylation is 1. The van der Waals surface area contributed by atoms with Gasteiger partial charge in [-0.25, -0.2) is 0 Å². The number of hydrogen-bond donors (Lipinski definition) is 1. The van der Waals surface area contributed by atoms with Crippen LogP contribution in [-0.4, -0.2) is 11.7 Å². The highest BCUT2D eigenvalue weighted by molar-refractivity contribution is 5.37. The first-order chi connectivity index (χ1) is 9.86. The molecule has 0 bridgehead atoms. The topological polar surface area (TPSA) is 29.5 Å². The molecule has 0 amide bonds. The van der Waals surface area contributed by atoms with E-state index in [2.05, 4.69) is 30.3 Å². The summed E-state index contributed by atoms with van der Waals surface area (Å²) >= 11 is 0. The van der Waals surface area contributed by atoms with Gasteiger partial charge in [0.1, 0.15) is 0 Å². The maximum Gasteiger partial charge on any atom is 0.160 e. The second kappa shape index (κ2) is 8.26. The van der Waals surface area contributed by atoms with Crippen molar-refractivity contribution in [1.29, 1.82) is 0 Å². The maximum atomic E-state index is 9.55. The molecule has 0 saturated heterocycles. The summed E-state index contributed by atoms with van der Waals surface area (Å²) in [6.07, 6.45) is 5.80. The van der Waals surface area contributed by atoms with Crippen molar-refractivity contribution in [2.45, 2.75) is 32.1 Å². The molecule has 2 heteroatoms. The summed E-state index contributed by atoms with van der Waals surface area (Å²) in [6.45, 7) is 0.670. The number of unbranched alkanes of at least 4 members (excludes halogenated alkanes) is 3. The largest absolute Gasteiger partial charge is 0.504 e. The molecule has 0 radical (unpaired) electrons. The van der Waals surface area contributed by atoms with Gasteiger partial charge in [-0.05, 0) is 37.0 Å². The predicted molar refractivity (Wildman–Crippen MR) is 82.2 cm³/mol. The molecular weight excluding hydrogens is 248 g/mol. The molecule has 0 saturated carbocycles. The minimum Gasteiger partial charge on any atom is -0.504 e. The average Bonchev–Trinajstić information content (AvgIpc) is 2.49. The molecule has 1 N–H and O–H groups in total. The van der Waals surface area contributed by atoms with Crippen LogP contribution in [0.5, 0.6) is 11.5 Å². The Labute approximate surface area is 121 Å². The van der Waals surface area contributed by atoms with Crippen molar-refractivity contribution >= 4 is 0 Å². The normalized spacial score (nSPS) is 10.4. The fourth-order valence-corrected chi connectivity index (χ4v) is 2.19. The van der Waals surface area contributed by atoms with Gasteiger partial charge in [0.25, 0.3) is 0 Å². The van der Waals surface area contributed by atoms with Crippen molar-refractivity contribution in [3.05, 3.63) is 60.2 Å². The first-order valence-corrected chi connectivity index (χ1v) is 7.31. The molecule has 0 aliphatic carbocycles. The van der Waals surface area contributed by atoms with Crippen LogP contribution < -0.4 is 4.74 Å². The zero-order chi connectivity index (χ0) is 14.0. The van der Waals surface area contributed by atoms with Crippen LogP contribution in [0.15, 0.2) is 54.6 Å². The van der Waals surface area contributed by atoms with E-state index in [9.17, 15) is 5.11 Å². The third-order valence-corrected chi connectivity index (χ3v) is 3.33. The van der Waals surface area contributed by atoms with Crippen LogP contribution in [-0.2, 0) is 6.42 Å². The molecule has 0 atom stereocenters. The zero-order valence-corrected chi connectivity index (χ0v) is 11.8. The van der Waals surface area contributed by atoms with Gasteiger partial charge in [-0.3, -0.25) is 0 Å². The number of aromatic hydroxyl groups is 1. The van der Waals surface area contributed by atoms with Crippen LogP contribution in [0, 0.1) is 0 Å². The van der Waals surface area contributed by atoms with E-state index in [4.69, 9.17) is 4.74 Å². The van der Waals surface area contributed by atoms with Crippen LogP contribution in [0.4, 0.5) is 0 Å². The van der Waals surface area contributed by atoms with Gasteiger partial charge >= 0.3 is 0 Å². The van der Waals surface area contributed by atoms with E-state index >= 15 is 0 Å². The van der Waals surface area contributed by atoms with Gasteiger partial charge in [0.2, 0.25) is 0 Å². The third kappa shape index (κ3) is 4.96. The fraction of sp³-hybridized carbons (Fsp3) is 0.333. The van der Waals surface area contributed by atoms with Crippen molar-refractivity contribution in [3.8, 4) is 11.5 Å². The minimum absolute atomic E-state index is 0.219. The average molecular weight is 270 g/mol. The Morgan fingerprint density at radius 1 is 0.750 bits per heavy atom. The minimum atomic E-state index is 0.219. The van der Waals surface area contributed by atoms with Gasteiger partial charge in [0, 0.05) is 0 Å². The molecule has 106 valence electrons. The molecule has 0 aliphatic heterocycles. The van der Waals surface area contributed by atoms with Crippen LogP contribution in [0.3, 0.4) is 0 Å². The first kappa shape index (κ1) is 14.4. The summed E-state index contributed by atoms with van der Waals surface area (Å²) < 4.78 is 5.55. The Morgan fingerprint density at radius 2 is 1.45 bits per heavy atom. The van der Waals surface area contributed by atoms with Gasteiger partial charge in [-0.2, -0.15) is 0 Å². The van der Waals surface area contributed by atoms with Gasteiger partial charge in [-0.15, -0.1) is 0 Å². The molecular formula is C18H22O2. The molecule has 2 aromatic rings. The Morgan fingerprint density at radius 3 is 2.25 bits per heavy atom. The lowest BCUT2D eigenvalue weighted by Gasteiger charge is -2.07. The third-order valence-electron chi connectivity index (χ3n) is 3.33. The first-order valence-electron chi connectivity index (χ1n) is 7.31. The molecule has 0 aromatic heterocycles. The second-order valence-corrected chi connectivity index (χ2v) is 4.97. The van der Waals surface area contributed by atoms with E-state index in [-0.39, 0.29) is 5.75 Å². The highest BCUT2D eigenvalue weighted by Crippen LogP contribution is 2.24. The molecule has 2 nitrogen and oxygen atoms in total. The van der Waals surface area contributed by atoms with E-state index in [0.29, 0.717) is 12.4 Å². The van der Waals surface area contributed by atoms with Gasteiger partial charge in [0.05, 0.1) is 6.61 Å². The number of benzene rings is 2. The lowest BCUT2D eigenvalue weighted by atomic mass is 10.1. The number of para-hydroxylation sites is 2. The van der Waals surface area contributed by atoms with Gasteiger partial charge in [-0.1, -0.05) is 55.3 Å². The Balaban J connectivity index is 1.53. The number of hydrogen-bond acceptors (Lipinski definition) is 2. The quantitative estimate of drug-likeness (QED) is 0.712. The number of phenols is 1. The lowest BCUT2D eigenvalue weighted by molar-refractivity contribution is 0.289. The van der Waals surface area contributed by atoms with Crippen LogP contribution >= 0.6 is 0 Å². The summed E-state index contributed by atoms with van der Waals surface area (Å²) in [4.78, 5) is 0. The summed E-state index contributed by atoms with van der Waals surface area (Å²) in [6, 6.07) is 17.7. The summed E-state index contributed by atoms with van der Waals surface area (Å²) in [5.41, 5.74) is 1.41. The molecule has 20 heavy (non-hydrogen) atoms. The van der Waals surface area contributed by atoms with Gasteiger partial charge < -0.3 is 9.84 Å². The van der Waals surface area contributed by atoms with Crippen LogP contribution in [0.25, 0.3) is 0 Å². The van der Waals surface area contributed by atoms with E-state index in [1.165, 1.54) is 24.8 Å². The summed E-state index contributed by atoms with van der Waals surface area (Å²) in [5, 5.41) is 9.55. The predicted octanol–water partition coefficient (Wildman–Crippen LogP) is 4.57. The van der Waals surface area contributed by atoms with Crippen molar-refractivity contribution in [2.75, 3.05) is 6.61 Å². The van der Waals surface area contributed by atoms with E-state index in [1.54, 1.807) is 18.2 Å². The Hall–Kier alpha value is -1.96. The smallest absolute Gasteiger partial charge is 0.160 e. The van der Waals surface area contributed by atoms with Crippen molar-refractivity contribution in [2.24, 2.45) is 0 Å². The van der Waals surface area contributed by atoms with Crippen molar-refractivity contribution in [3.63, 3.8) is 0 Å². The zero-order valence-electron chi connectivity index (χ0n) is 11.8. The molecule has 2 rings (SSSR count). The van der Waals surface area contributed by atoms with E-state index in [1.807, 2.05) is 6.07 Å². The fourth-order valence-electron chi connectivity index (χ4n) is 2.19. The maximum absolute atomic E-state index is 9.55. The second-order valence-electron chi connectivity index (χ2n) is 4.97. The highest BCUT2D eigenvalue weighted by Gasteiger charge is 1.99. The SMILES string of the molecule is Oc1ccccc1OCCCCCCc1ccccc1. The monoisotopic (exact) mass is 270 g/mol. The molecule has 0 spiro atoms. The van der Waals surface area contributed by atoms with E-state index < -0.39 is 0 Å². The van der Waals surface area contributed by atoms with Crippen molar-refractivity contribution < 1.29 is 9.84 Å². The molecule has 2 aromatic carbocycles. The lowest BCUT2D eigenvalue weighted by Crippen LogP contribution is -1.97. The number of rotatable bonds is 8. The standard InChI is InChI=1S/C18H22O2/c19-17-13-7-8-14-18(17)20-15-9-2-1-4-10-16-11-5-3-6-12-16/h3,5-8,11-14,19H,1-2,4,9-10,15H2. The Bertz CT molecular complexity index is 494. The van der Waals surface area contributed by atoms with E-state index in [0.717, 1.165) is 12.8 Å². The van der Waals surface area contributed by atoms with Gasteiger partial charge in [0.15, 0.2) is 11.5 Å². The number of ether oxygens (including phenoxy) is 1. The number of phenolic OH excluding ortho intramolecular Hbond substituents is 1.